The highest BCUT2D eigenvalue weighted by atomic mass is 32.1. The van der Waals surface area contributed by atoms with E-state index in [0.717, 1.165) is 45.4 Å². The summed E-state index contributed by atoms with van der Waals surface area (Å²) in [6.45, 7) is 8.34. The molecule has 2 saturated heterocycles. The second kappa shape index (κ2) is 8.68. The molecule has 1 aliphatic carbocycles. The SMILES string of the molecule is Cc1ncsc1CN1CCC2(CC1)OCC[C@@H]2CCOCC1CCCC1. The molecule has 1 aromatic rings. The normalized spacial score (nSPS) is 26.9. The number of aryl methyl sites for hydroxylation is 1. The number of nitrogens with zero attached hydrogens (tertiary/aromatic N) is 2. The van der Waals surface area contributed by atoms with Gasteiger partial charge in [-0.25, -0.2) is 4.98 Å². The Hall–Kier alpha value is -0.490. The minimum atomic E-state index is 0.135. The van der Waals surface area contributed by atoms with Crippen LogP contribution in [0.1, 0.15) is 61.9 Å². The van der Waals surface area contributed by atoms with Crippen molar-refractivity contribution in [3.63, 3.8) is 0 Å². The number of aromatic nitrogens is 1. The van der Waals surface area contributed by atoms with Gasteiger partial charge >= 0.3 is 0 Å². The van der Waals surface area contributed by atoms with Crippen LogP contribution in [0.4, 0.5) is 0 Å². The lowest BCUT2D eigenvalue weighted by Crippen LogP contribution is -2.47. The number of piperidine rings is 1. The third kappa shape index (κ3) is 4.32. The van der Waals surface area contributed by atoms with Crippen molar-refractivity contribution in [3.05, 3.63) is 16.1 Å². The fraction of sp³-hybridized carbons (Fsp3) is 0.857. The van der Waals surface area contributed by atoms with Gasteiger partial charge in [-0.2, -0.15) is 0 Å². The van der Waals surface area contributed by atoms with Gasteiger partial charge in [0.25, 0.3) is 0 Å². The van der Waals surface area contributed by atoms with Crippen molar-refractivity contribution < 1.29 is 9.47 Å². The second-order valence-corrected chi connectivity index (χ2v) is 9.49. The van der Waals surface area contributed by atoms with Gasteiger partial charge in [0.2, 0.25) is 0 Å². The van der Waals surface area contributed by atoms with Crippen LogP contribution in [0.2, 0.25) is 0 Å². The molecule has 0 bridgehead atoms. The smallest absolute Gasteiger partial charge is 0.0798 e. The van der Waals surface area contributed by atoms with Crippen molar-refractivity contribution >= 4 is 11.3 Å². The van der Waals surface area contributed by atoms with E-state index < -0.39 is 0 Å². The van der Waals surface area contributed by atoms with Crippen LogP contribution in [0.25, 0.3) is 0 Å². The largest absolute Gasteiger partial charge is 0.381 e. The predicted octanol–water partition coefficient (Wildman–Crippen LogP) is 4.42. The van der Waals surface area contributed by atoms with Gasteiger partial charge in [-0.1, -0.05) is 12.8 Å². The van der Waals surface area contributed by atoms with E-state index in [4.69, 9.17) is 9.47 Å². The zero-order valence-corrected chi connectivity index (χ0v) is 17.1. The average molecular weight is 379 g/mol. The van der Waals surface area contributed by atoms with Crippen LogP contribution in [0.3, 0.4) is 0 Å². The predicted molar refractivity (Wildman–Crippen MR) is 106 cm³/mol. The summed E-state index contributed by atoms with van der Waals surface area (Å²) >= 11 is 1.79. The molecule has 0 radical (unpaired) electrons. The molecule has 4 nitrogen and oxygen atoms in total. The summed E-state index contributed by atoms with van der Waals surface area (Å²) in [5, 5.41) is 0. The fourth-order valence-corrected chi connectivity index (χ4v) is 5.99. The first-order valence-electron chi connectivity index (χ1n) is 10.6. The number of hydrogen-bond acceptors (Lipinski definition) is 5. The van der Waals surface area contributed by atoms with Gasteiger partial charge in [-0.3, -0.25) is 4.90 Å². The maximum Gasteiger partial charge on any atom is 0.0798 e. The molecule has 0 amide bonds. The Bertz CT molecular complexity index is 562. The van der Waals surface area contributed by atoms with E-state index in [1.807, 2.05) is 5.51 Å². The summed E-state index contributed by atoms with van der Waals surface area (Å²) in [6.07, 6.45) is 10.3. The Kier molecular flexibility index (Phi) is 6.29. The third-order valence-corrected chi connectivity index (χ3v) is 7.87. The Morgan fingerprint density at radius 3 is 2.81 bits per heavy atom. The summed E-state index contributed by atoms with van der Waals surface area (Å²) in [4.78, 5) is 8.39. The molecule has 3 aliphatic rings. The van der Waals surface area contributed by atoms with Crippen LogP contribution >= 0.6 is 11.3 Å². The van der Waals surface area contributed by atoms with Gasteiger partial charge in [0, 0.05) is 44.3 Å². The van der Waals surface area contributed by atoms with Crippen LogP contribution < -0.4 is 0 Å². The van der Waals surface area contributed by atoms with Crippen LogP contribution in [-0.2, 0) is 16.0 Å². The van der Waals surface area contributed by atoms with Gasteiger partial charge < -0.3 is 9.47 Å². The number of rotatable bonds is 7. The first-order chi connectivity index (χ1) is 12.8. The highest BCUT2D eigenvalue weighted by Crippen LogP contribution is 2.42. The van der Waals surface area contributed by atoms with Crippen LogP contribution in [0, 0.1) is 18.8 Å². The summed E-state index contributed by atoms with van der Waals surface area (Å²) in [5.74, 6) is 1.53. The van der Waals surface area contributed by atoms with E-state index in [2.05, 4.69) is 16.8 Å². The minimum Gasteiger partial charge on any atom is -0.381 e. The van der Waals surface area contributed by atoms with Crippen LogP contribution in [-0.4, -0.2) is 48.4 Å². The molecule has 3 heterocycles. The topological polar surface area (TPSA) is 34.6 Å². The summed E-state index contributed by atoms with van der Waals surface area (Å²) in [7, 11) is 0. The molecule has 1 spiro atoms. The Labute approximate surface area is 162 Å². The van der Waals surface area contributed by atoms with Crippen molar-refractivity contribution in [2.75, 3.05) is 32.9 Å². The van der Waals surface area contributed by atoms with Crippen molar-refractivity contribution in [2.45, 2.75) is 70.4 Å². The first kappa shape index (κ1) is 18.9. The lowest BCUT2D eigenvalue weighted by Gasteiger charge is -2.42. The molecule has 0 aromatic carbocycles. The van der Waals surface area contributed by atoms with Gasteiger partial charge in [0.1, 0.15) is 0 Å². The molecule has 1 saturated carbocycles. The number of thiazole rings is 1. The first-order valence-corrected chi connectivity index (χ1v) is 11.5. The van der Waals surface area contributed by atoms with Gasteiger partial charge in [0.05, 0.1) is 16.8 Å². The molecular formula is C21H34N2O2S. The standard InChI is InChI=1S/C21H34N2O2S/c1-17-20(26-16-22-17)14-23-10-8-21(9-11-23)19(7-13-25-21)6-12-24-15-18-4-2-3-5-18/h16,18-19H,2-15H2,1H3/t19-/m0/s1. The Balaban J connectivity index is 1.22. The molecule has 1 atom stereocenters. The fourth-order valence-electron chi connectivity index (χ4n) is 5.17. The zero-order chi connectivity index (χ0) is 17.8. The molecule has 5 heteroatoms. The summed E-state index contributed by atoms with van der Waals surface area (Å²) < 4.78 is 12.4. The van der Waals surface area contributed by atoms with E-state index in [9.17, 15) is 0 Å². The molecular weight excluding hydrogens is 344 g/mol. The molecule has 1 aromatic heterocycles. The van der Waals surface area contributed by atoms with Crippen LogP contribution in [0.5, 0.6) is 0 Å². The average Bonchev–Trinajstić information content (AvgIpc) is 3.38. The van der Waals surface area contributed by atoms with Gasteiger partial charge in [-0.15, -0.1) is 11.3 Å². The monoisotopic (exact) mass is 378 g/mol. The quantitative estimate of drug-likeness (QED) is 0.658. The lowest BCUT2D eigenvalue weighted by molar-refractivity contribution is -0.0733. The Morgan fingerprint density at radius 2 is 2.08 bits per heavy atom. The highest BCUT2D eigenvalue weighted by molar-refractivity contribution is 7.09. The van der Waals surface area contributed by atoms with E-state index in [1.165, 1.54) is 61.9 Å². The minimum absolute atomic E-state index is 0.135. The van der Waals surface area contributed by atoms with E-state index in [-0.39, 0.29) is 5.60 Å². The van der Waals surface area contributed by atoms with Crippen molar-refractivity contribution in [2.24, 2.45) is 11.8 Å². The van der Waals surface area contributed by atoms with Crippen molar-refractivity contribution in [1.29, 1.82) is 0 Å². The van der Waals surface area contributed by atoms with Crippen molar-refractivity contribution in [3.8, 4) is 0 Å². The maximum atomic E-state index is 6.34. The lowest BCUT2D eigenvalue weighted by atomic mass is 9.78. The van der Waals surface area contributed by atoms with Gasteiger partial charge in [-0.05, 0) is 57.3 Å². The van der Waals surface area contributed by atoms with E-state index >= 15 is 0 Å². The highest BCUT2D eigenvalue weighted by Gasteiger charge is 2.45. The second-order valence-electron chi connectivity index (χ2n) is 8.55. The van der Waals surface area contributed by atoms with E-state index in [0.29, 0.717) is 5.92 Å². The molecule has 3 fully saturated rings. The summed E-state index contributed by atoms with van der Waals surface area (Å²) in [5.41, 5.74) is 3.30. The number of ether oxygens (including phenoxy) is 2. The third-order valence-electron chi connectivity index (χ3n) is 6.95. The van der Waals surface area contributed by atoms with Crippen LogP contribution in [0.15, 0.2) is 5.51 Å². The molecule has 146 valence electrons. The molecule has 4 rings (SSSR count). The Morgan fingerprint density at radius 1 is 1.27 bits per heavy atom. The molecule has 0 unspecified atom stereocenters. The zero-order valence-electron chi connectivity index (χ0n) is 16.3. The molecule has 0 N–H and O–H groups in total. The number of hydrogen-bond donors (Lipinski definition) is 0. The maximum absolute atomic E-state index is 6.34. The molecule has 26 heavy (non-hydrogen) atoms. The van der Waals surface area contributed by atoms with Gasteiger partial charge in [0.15, 0.2) is 0 Å². The molecule has 2 aliphatic heterocycles. The van der Waals surface area contributed by atoms with E-state index in [1.54, 1.807) is 11.3 Å². The number of likely N-dealkylation sites (tertiary alicyclic amines) is 1. The summed E-state index contributed by atoms with van der Waals surface area (Å²) in [6, 6.07) is 0. The van der Waals surface area contributed by atoms with Crippen molar-refractivity contribution in [1.82, 2.24) is 9.88 Å².